The minimum atomic E-state index is -0.269. The number of aromatic nitrogens is 3. The average Bonchev–Trinajstić information content (AvgIpc) is 2.95. The number of esters is 1. The van der Waals surface area contributed by atoms with Crippen LogP contribution in [-0.2, 0) is 21.8 Å². The van der Waals surface area contributed by atoms with Gasteiger partial charge in [-0.05, 0) is 31.2 Å². The van der Waals surface area contributed by atoms with Gasteiger partial charge in [-0.3, -0.25) is 9.36 Å². The molecule has 7 heteroatoms. The summed E-state index contributed by atoms with van der Waals surface area (Å²) < 4.78 is 7.18. The van der Waals surface area contributed by atoms with Crippen LogP contribution in [-0.4, -0.2) is 26.8 Å². The number of anilines is 1. The highest BCUT2D eigenvalue weighted by Crippen LogP contribution is 2.24. The molecule has 1 aliphatic rings. The van der Waals surface area contributed by atoms with Gasteiger partial charge in [-0.25, -0.2) is 0 Å². The molecule has 6 nitrogen and oxygen atoms in total. The van der Waals surface area contributed by atoms with Gasteiger partial charge in [0.1, 0.15) is 12.6 Å². The van der Waals surface area contributed by atoms with Crippen molar-refractivity contribution in [3.8, 4) is 0 Å². The second kappa shape index (κ2) is 8.19. The van der Waals surface area contributed by atoms with Gasteiger partial charge in [0.15, 0.2) is 5.16 Å². The van der Waals surface area contributed by atoms with Crippen LogP contribution in [0.5, 0.6) is 0 Å². The molecule has 0 atom stereocenters. The third-order valence-electron chi connectivity index (χ3n) is 4.09. The molecule has 1 aromatic heterocycles. The van der Waals surface area contributed by atoms with Crippen molar-refractivity contribution < 1.29 is 9.53 Å². The van der Waals surface area contributed by atoms with Crippen molar-refractivity contribution in [1.82, 2.24) is 14.8 Å². The Bertz CT molecular complexity index is 668. The molecule has 1 heterocycles. The molecule has 1 aliphatic carbocycles. The van der Waals surface area contributed by atoms with Crippen molar-refractivity contribution in [1.29, 1.82) is 0 Å². The van der Waals surface area contributed by atoms with E-state index in [1.165, 1.54) is 23.7 Å². The van der Waals surface area contributed by atoms with E-state index in [4.69, 9.17) is 10.5 Å². The van der Waals surface area contributed by atoms with Crippen LogP contribution in [0.25, 0.3) is 0 Å². The van der Waals surface area contributed by atoms with Gasteiger partial charge in [0, 0.05) is 5.75 Å². The van der Waals surface area contributed by atoms with Gasteiger partial charge >= 0.3 is 5.97 Å². The van der Waals surface area contributed by atoms with E-state index in [9.17, 15) is 4.79 Å². The standard InChI is InChI=1S/C17H22N4O2S/c18-16-19-20-17(24-12-13-7-3-1-4-8-13)21(16)11-15(22)23-14-9-5-2-6-10-14/h1,3-4,7-8,14H,2,5-6,9-12H2,(H2,18,19). The quantitative estimate of drug-likeness (QED) is 0.639. The summed E-state index contributed by atoms with van der Waals surface area (Å²) in [6.45, 7) is 0.0620. The number of rotatable bonds is 6. The Hall–Kier alpha value is -2.02. The number of carbonyl (C=O) groups is 1. The molecular weight excluding hydrogens is 324 g/mol. The van der Waals surface area contributed by atoms with Crippen LogP contribution >= 0.6 is 11.8 Å². The van der Waals surface area contributed by atoms with Crippen LogP contribution in [0.2, 0.25) is 0 Å². The van der Waals surface area contributed by atoms with Gasteiger partial charge in [-0.2, -0.15) is 0 Å². The summed E-state index contributed by atoms with van der Waals surface area (Å²) >= 11 is 1.51. The van der Waals surface area contributed by atoms with Crippen molar-refractivity contribution in [2.45, 2.75) is 55.7 Å². The molecule has 0 saturated heterocycles. The first-order valence-corrected chi connectivity index (χ1v) is 9.26. The molecule has 0 spiro atoms. The summed E-state index contributed by atoms with van der Waals surface area (Å²) in [7, 11) is 0. The fourth-order valence-electron chi connectivity index (χ4n) is 2.81. The zero-order chi connectivity index (χ0) is 16.8. The maximum atomic E-state index is 12.2. The van der Waals surface area contributed by atoms with Gasteiger partial charge in [-0.1, -0.05) is 48.5 Å². The fourth-order valence-corrected chi connectivity index (χ4v) is 3.71. The molecule has 1 aromatic carbocycles. The summed E-state index contributed by atoms with van der Waals surface area (Å²) in [6.07, 6.45) is 5.45. The van der Waals surface area contributed by atoms with E-state index in [1.807, 2.05) is 18.2 Å². The largest absolute Gasteiger partial charge is 0.461 e. The van der Waals surface area contributed by atoms with Crippen LogP contribution in [0.1, 0.15) is 37.7 Å². The van der Waals surface area contributed by atoms with E-state index in [2.05, 4.69) is 22.3 Å². The number of hydrogen-bond donors (Lipinski definition) is 1. The Kier molecular flexibility index (Phi) is 5.74. The highest BCUT2D eigenvalue weighted by Gasteiger charge is 2.20. The van der Waals surface area contributed by atoms with Crippen molar-refractivity contribution in [3.63, 3.8) is 0 Å². The molecule has 0 radical (unpaired) electrons. The first-order chi connectivity index (χ1) is 11.7. The number of nitrogens with zero attached hydrogens (tertiary/aromatic N) is 3. The van der Waals surface area contributed by atoms with Crippen LogP contribution < -0.4 is 5.73 Å². The molecule has 2 aromatic rings. The number of carbonyl (C=O) groups excluding carboxylic acids is 1. The first-order valence-electron chi connectivity index (χ1n) is 8.27. The fraction of sp³-hybridized carbons (Fsp3) is 0.471. The Labute approximate surface area is 145 Å². The number of hydrogen-bond acceptors (Lipinski definition) is 6. The monoisotopic (exact) mass is 346 g/mol. The molecule has 0 unspecified atom stereocenters. The summed E-state index contributed by atoms with van der Waals surface area (Å²) in [5.74, 6) is 0.720. The summed E-state index contributed by atoms with van der Waals surface area (Å²) in [4.78, 5) is 12.2. The SMILES string of the molecule is Nc1nnc(SCc2ccccc2)n1CC(=O)OC1CCCCC1. The third-order valence-corrected chi connectivity index (χ3v) is 5.13. The highest BCUT2D eigenvalue weighted by molar-refractivity contribution is 7.98. The van der Waals surface area contributed by atoms with Gasteiger partial charge in [-0.15, -0.1) is 10.2 Å². The lowest BCUT2D eigenvalue weighted by Crippen LogP contribution is -2.24. The maximum Gasteiger partial charge on any atom is 0.326 e. The Morgan fingerprint density at radius 1 is 1.21 bits per heavy atom. The minimum absolute atomic E-state index is 0.0457. The number of nitrogen functional groups attached to an aromatic ring is 1. The second-order valence-electron chi connectivity index (χ2n) is 5.95. The molecule has 0 amide bonds. The van der Waals surface area contributed by atoms with E-state index in [1.54, 1.807) is 4.57 Å². The molecule has 0 bridgehead atoms. The zero-order valence-electron chi connectivity index (χ0n) is 13.6. The van der Waals surface area contributed by atoms with Crippen molar-refractivity contribution in [2.24, 2.45) is 0 Å². The normalized spacial score (nSPS) is 15.3. The van der Waals surface area contributed by atoms with Gasteiger partial charge in [0.2, 0.25) is 5.95 Å². The molecule has 2 N–H and O–H groups in total. The van der Waals surface area contributed by atoms with E-state index in [-0.39, 0.29) is 24.6 Å². The number of ether oxygens (including phenoxy) is 1. The van der Waals surface area contributed by atoms with Gasteiger partial charge in [0.25, 0.3) is 0 Å². The summed E-state index contributed by atoms with van der Waals surface area (Å²) in [6, 6.07) is 10.1. The lowest BCUT2D eigenvalue weighted by atomic mass is 9.98. The van der Waals surface area contributed by atoms with Crippen LogP contribution in [0, 0.1) is 0 Å². The topological polar surface area (TPSA) is 83.0 Å². The molecular formula is C17H22N4O2S. The maximum absolute atomic E-state index is 12.2. The number of benzene rings is 1. The van der Waals surface area contributed by atoms with E-state index in [0.717, 1.165) is 31.4 Å². The number of thioether (sulfide) groups is 1. The predicted molar refractivity (Wildman–Crippen MR) is 93.4 cm³/mol. The summed E-state index contributed by atoms with van der Waals surface area (Å²) in [5, 5.41) is 8.60. The average molecular weight is 346 g/mol. The zero-order valence-corrected chi connectivity index (χ0v) is 14.4. The molecule has 128 valence electrons. The van der Waals surface area contributed by atoms with Crippen LogP contribution in [0.3, 0.4) is 0 Å². The third kappa shape index (κ3) is 4.50. The second-order valence-corrected chi connectivity index (χ2v) is 6.89. The lowest BCUT2D eigenvalue weighted by Gasteiger charge is -2.22. The van der Waals surface area contributed by atoms with Crippen molar-refractivity contribution >= 4 is 23.7 Å². The molecule has 1 saturated carbocycles. The van der Waals surface area contributed by atoms with Crippen molar-refractivity contribution in [3.05, 3.63) is 35.9 Å². The summed E-state index contributed by atoms with van der Waals surface area (Å²) in [5.41, 5.74) is 7.04. The smallest absolute Gasteiger partial charge is 0.326 e. The number of nitrogens with two attached hydrogens (primary N) is 1. The Morgan fingerprint density at radius 3 is 2.71 bits per heavy atom. The highest BCUT2D eigenvalue weighted by atomic mass is 32.2. The Morgan fingerprint density at radius 2 is 1.96 bits per heavy atom. The van der Waals surface area contributed by atoms with Gasteiger partial charge in [0.05, 0.1) is 0 Å². The molecule has 3 rings (SSSR count). The Balaban J connectivity index is 1.58. The molecule has 0 aliphatic heterocycles. The predicted octanol–water partition coefficient (Wildman–Crippen LogP) is 3.03. The van der Waals surface area contributed by atoms with E-state index < -0.39 is 0 Å². The molecule has 1 fully saturated rings. The minimum Gasteiger partial charge on any atom is -0.461 e. The molecule has 24 heavy (non-hydrogen) atoms. The van der Waals surface area contributed by atoms with E-state index in [0.29, 0.717) is 5.16 Å². The van der Waals surface area contributed by atoms with Gasteiger partial charge < -0.3 is 10.5 Å². The van der Waals surface area contributed by atoms with Crippen LogP contribution in [0.15, 0.2) is 35.5 Å². The lowest BCUT2D eigenvalue weighted by molar-refractivity contribution is -0.151. The van der Waals surface area contributed by atoms with E-state index >= 15 is 0 Å². The first kappa shape index (κ1) is 16.8. The van der Waals surface area contributed by atoms with Crippen LogP contribution in [0.4, 0.5) is 5.95 Å². The van der Waals surface area contributed by atoms with Crippen molar-refractivity contribution in [2.75, 3.05) is 5.73 Å².